The Morgan fingerprint density at radius 1 is 1.24 bits per heavy atom. The number of nitrogens with one attached hydrogen (secondary N) is 1. The summed E-state index contributed by atoms with van der Waals surface area (Å²) in [5.74, 6) is -0.227. The number of hydrogen-bond donors (Lipinski definition) is 2. The van der Waals surface area contributed by atoms with Crippen LogP contribution >= 0.6 is 0 Å². The summed E-state index contributed by atoms with van der Waals surface area (Å²) in [6, 6.07) is 4.40. The molecule has 1 amide bonds. The Balaban J connectivity index is 2.44. The summed E-state index contributed by atoms with van der Waals surface area (Å²) in [6.07, 6.45) is 1.26. The zero-order valence-electron chi connectivity index (χ0n) is 11.0. The van der Waals surface area contributed by atoms with Gasteiger partial charge in [-0.05, 0) is 50.4 Å². The van der Waals surface area contributed by atoms with Gasteiger partial charge in [0.1, 0.15) is 0 Å². The maximum atomic E-state index is 10.6. The molecule has 0 aromatic heterocycles. The highest BCUT2D eigenvalue weighted by molar-refractivity contribution is 5.73. The standard InChI is InChI=1S/C14H22N2O/c1-10-7-11(2)13(12(3)8-10)9-16-6-4-5-14(15)17/h7-8,16H,4-6,9H2,1-3H3,(H2,15,17). The van der Waals surface area contributed by atoms with E-state index in [0.717, 1.165) is 19.5 Å². The molecule has 1 aromatic carbocycles. The van der Waals surface area contributed by atoms with Gasteiger partial charge in [-0.15, -0.1) is 0 Å². The Morgan fingerprint density at radius 2 is 1.82 bits per heavy atom. The Bertz CT molecular complexity index is 376. The van der Waals surface area contributed by atoms with E-state index < -0.39 is 0 Å². The van der Waals surface area contributed by atoms with Gasteiger partial charge in [0.2, 0.25) is 5.91 Å². The van der Waals surface area contributed by atoms with E-state index in [1.54, 1.807) is 0 Å². The van der Waals surface area contributed by atoms with E-state index >= 15 is 0 Å². The van der Waals surface area contributed by atoms with Crippen molar-refractivity contribution < 1.29 is 4.79 Å². The first-order valence-electron chi connectivity index (χ1n) is 6.06. The van der Waals surface area contributed by atoms with E-state index in [1.807, 2.05) is 0 Å². The van der Waals surface area contributed by atoms with Gasteiger partial charge in [-0.25, -0.2) is 0 Å². The Morgan fingerprint density at radius 3 is 2.35 bits per heavy atom. The molecule has 0 atom stereocenters. The van der Waals surface area contributed by atoms with Crippen molar-refractivity contribution >= 4 is 5.91 Å². The van der Waals surface area contributed by atoms with Crippen molar-refractivity contribution in [1.29, 1.82) is 0 Å². The summed E-state index contributed by atoms with van der Waals surface area (Å²) in [5.41, 5.74) is 10.4. The fourth-order valence-electron chi connectivity index (χ4n) is 2.09. The minimum Gasteiger partial charge on any atom is -0.370 e. The van der Waals surface area contributed by atoms with Crippen LogP contribution < -0.4 is 11.1 Å². The second-order valence-corrected chi connectivity index (χ2v) is 4.62. The van der Waals surface area contributed by atoms with E-state index in [-0.39, 0.29) is 5.91 Å². The number of primary amides is 1. The molecule has 0 heterocycles. The molecule has 3 heteroatoms. The van der Waals surface area contributed by atoms with Crippen molar-refractivity contribution in [2.24, 2.45) is 5.73 Å². The van der Waals surface area contributed by atoms with Crippen molar-refractivity contribution in [3.63, 3.8) is 0 Å². The van der Waals surface area contributed by atoms with Crippen molar-refractivity contribution in [1.82, 2.24) is 5.32 Å². The lowest BCUT2D eigenvalue weighted by atomic mass is 10.00. The molecule has 3 nitrogen and oxygen atoms in total. The average Bonchev–Trinajstić information content (AvgIpc) is 2.20. The molecule has 0 saturated heterocycles. The maximum Gasteiger partial charge on any atom is 0.217 e. The number of carbonyl (C=O) groups is 1. The molecule has 3 N–H and O–H groups in total. The van der Waals surface area contributed by atoms with Crippen LogP contribution in [-0.2, 0) is 11.3 Å². The monoisotopic (exact) mass is 234 g/mol. The summed E-state index contributed by atoms with van der Waals surface area (Å²) < 4.78 is 0. The third-order valence-electron chi connectivity index (χ3n) is 2.92. The number of rotatable bonds is 6. The molecule has 0 saturated carbocycles. The highest BCUT2D eigenvalue weighted by Gasteiger charge is 2.03. The molecule has 0 aliphatic heterocycles. The summed E-state index contributed by atoms with van der Waals surface area (Å²) in [5, 5.41) is 3.35. The summed E-state index contributed by atoms with van der Waals surface area (Å²) in [6.45, 7) is 8.08. The lowest BCUT2D eigenvalue weighted by molar-refractivity contribution is -0.118. The first kappa shape index (κ1) is 13.7. The number of carbonyl (C=O) groups excluding carboxylic acids is 1. The lowest BCUT2D eigenvalue weighted by Crippen LogP contribution is -2.19. The van der Waals surface area contributed by atoms with Crippen LogP contribution in [0.1, 0.15) is 35.1 Å². The zero-order valence-corrected chi connectivity index (χ0v) is 11.0. The molecule has 1 aromatic rings. The molecule has 0 aliphatic carbocycles. The lowest BCUT2D eigenvalue weighted by Gasteiger charge is -2.12. The van der Waals surface area contributed by atoms with Crippen molar-refractivity contribution in [2.45, 2.75) is 40.2 Å². The Labute approximate surface area is 103 Å². The second-order valence-electron chi connectivity index (χ2n) is 4.62. The van der Waals surface area contributed by atoms with Gasteiger partial charge in [0.25, 0.3) is 0 Å². The summed E-state index contributed by atoms with van der Waals surface area (Å²) >= 11 is 0. The van der Waals surface area contributed by atoms with E-state index in [9.17, 15) is 4.79 Å². The number of amides is 1. The highest BCUT2D eigenvalue weighted by atomic mass is 16.1. The summed E-state index contributed by atoms with van der Waals surface area (Å²) in [4.78, 5) is 10.6. The van der Waals surface area contributed by atoms with Crippen LogP contribution in [0.4, 0.5) is 0 Å². The summed E-state index contributed by atoms with van der Waals surface area (Å²) in [7, 11) is 0. The van der Waals surface area contributed by atoms with Gasteiger partial charge in [-0.1, -0.05) is 17.7 Å². The molecule has 0 spiro atoms. The van der Waals surface area contributed by atoms with Crippen LogP contribution in [0.25, 0.3) is 0 Å². The fourth-order valence-corrected chi connectivity index (χ4v) is 2.09. The molecule has 0 bridgehead atoms. The molecule has 0 radical (unpaired) electrons. The molecule has 0 aliphatic rings. The maximum absolute atomic E-state index is 10.6. The van der Waals surface area contributed by atoms with Crippen molar-refractivity contribution in [2.75, 3.05) is 6.54 Å². The largest absolute Gasteiger partial charge is 0.370 e. The van der Waals surface area contributed by atoms with E-state index in [0.29, 0.717) is 6.42 Å². The Hall–Kier alpha value is -1.35. The Kier molecular flexibility index (Phi) is 5.16. The first-order valence-corrected chi connectivity index (χ1v) is 6.06. The molecule has 0 fully saturated rings. The topological polar surface area (TPSA) is 55.1 Å². The third kappa shape index (κ3) is 4.57. The molecule has 17 heavy (non-hydrogen) atoms. The van der Waals surface area contributed by atoms with Crippen LogP contribution in [-0.4, -0.2) is 12.5 Å². The molecule has 1 rings (SSSR count). The SMILES string of the molecule is Cc1cc(C)c(CNCCCC(N)=O)c(C)c1. The van der Waals surface area contributed by atoms with Crippen molar-refractivity contribution in [3.8, 4) is 0 Å². The number of aryl methyl sites for hydroxylation is 3. The third-order valence-corrected chi connectivity index (χ3v) is 2.92. The molecule has 94 valence electrons. The minimum absolute atomic E-state index is 0.227. The van der Waals surface area contributed by atoms with Crippen LogP contribution in [0.2, 0.25) is 0 Å². The van der Waals surface area contributed by atoms with Crippen LogP contribution in [0, 0.1) is 20.8 Å². The van der Waals surface area contributed by atoms with E-state index in [2.05, 4.69) is 38.2 Å². The normalized spacial score (nSPS) is 10.5. The van der Waals surface area contributed by atoms with Gasteiger partial charge >= 0.3 is 0 Å². The van der Waals surface area contributed by atoms with Gasteiger partial charge in [-0.2, -0.15) is 0 Å². The fraction of sp³-hybridized carbons (Fsp3) is 0.500. The highest BCUT2D eigenvalue weighted by Crippen LogP contribution is 2.15. The van der Waals surface area contributed by atoms with Crippen LogP contribution in [0.3, 0.4) is 0 Å². The van der Waals surface area contributed by atoms with Gasteiger partial charge in [0.15, 0.2) is 0 Å². The molecular formula is C14H22N2O. The average molecular weight is 234 g/mol. The van der Waals surface area contributed by atoms with Crippen LogP contribution in [0.15, 0.2) is 12.1 Å². The number of benzene rings is 1. The zero-order chi connectivity index (χ0) is 12.8. The number of hydrogen-bond acceptors (Lipinski definition) is 2. The van der Waals surface area contributed by atoms with Gasteiger partial charge in [0.05, 0.1) is 0 Å². The molecule has 0 unspecified atom stereocenters. The second kappa shape index (κ2) is 6.40. The van der Waals surface area contributed by atoms with Gasteiger partial charge < -0.3 is 11.1 Å². The predicted molar refractivity (Wildman–Crippen MR) is 70.8 cm³/mol. The molecular weight excluding hydrogens is 212 g/mol. The first-order chi connectivity index (χ1) is 8.00. The van der Waals surface area contributed by atoms with Gasteiger partial charge in [0, 0.05) is 13.0 Å². The van der Waals surface area contributed by atoms with Crippen LogP contribution in [0.5, 0.6) is 0 Å². The predicted octanol–water partition coefficient (Wildman–Crippen LogP) is 1.97. The van der Waals surface area contributed by atoms with Crippen molar-refractivity contribution in [3.05, 3.63) is 34.4 Å². The van der Waals surface area contributed by atoms with E-state index in [1.165, 1.54) is 22.3 Å². The quantitative estimate of drug-likeness (QED) is 0.739. The number of nitrogens with two attached hydrogens (primary N) is 1. The van der Waals surface area contributed by atoms with Gasteiger partial charge in [-0.3, -0.25) is 4.79 Å². The smallest absolute Gasteiger partial charge is 0.217 e. The minimum atomic E-state index is -0.227. The van der Waals surface area contributed by atoms with E-state index in [4.69, 9.17) is 5.73 Å².